The maximum Gasteiger partial charge on any atom is 0.150 e. The number of anilines is 1. The predicted octanol–water partition coefficient (Wildman–Crippen LogP) is 3.20. The summed E-state index contributed by atoms with van der Waals surface area (Å²) in [5.41, 5.74) is 0.876. The molecule has 2 rings (SSSR count). The second kappa shape index (κ2) is 5.95. The first-order valence-corrected chi connectivity index (χ1v) is 9.30. The molecule has 0 aliphatic heterocycles. The molecule has 0 spiro atoms. The summed E-state index contributed by atoms with van der Waals surface area (Å²) >= 11 is 2.08. The Balaban J connectivity index is 2.07. The summed E-state index contributed by atoms with van der Waals surface area (Å²) in [5, 5.41) is 3.09. The van der Waals surface area contributed by atoms with Crippen LogP contribution in [0.15, 0.2) is 18.2 Å². The molecule has 1 N–H and O–H groups in total. The van der Waals surface area contributed by atoms with Gasteiger partial charge in [-0.05, 0) is 60.1 Å². The molecule has 3 nitrogen and oxygen atoms in total. The van der Waals surface area contributed by atoms with Crippen molar-refractivity contribution in [3.05, 3.63) is 27.6 Å². The number of hydrogen-bond donors (Lipinski definition) is 1. The Bertz CT molecular complexity index is 562. The van der Waals surface area contributed by atoms with Gasteiger partial charge in [0.05, 0.1) is 5.25 Å². The Morgan fingerprint density at radius 3 is 2.74 bits per heavy atom. The third-order valence-electron chi connectivity index (χ3n) is 3.52. The molecule has 0 radical (unpaired) electrons. The highest BCUT2D eigenvalue weighted by Gasteiger charge is 2.28. The average molecular weight is 397 g/mol. The number of halogens is 2. The fourth-order valence-corrected chi connectivity index (χ4v) is 4.30. The van der Waals surface area contributed by atoms with Gasteiger partial charge in [-0.3, -0.25) is 0 Å². The monoisotopic (exact) mass is 397 g/mol. The van der Waals surface area contributed by atoms with Crippen molar-refractivity contribution in [2.45, 2.75) is 37.0 Å². The van der Waals surface area contributed by atoms with Gasteiger partial charge in [-0.2, -0.15) is 0 Å². The van der Waals surface area contributed by atoms with Gasteiger partial charge in [-0.25, -0.2) is 12.8 Å². The lowest BCUT2D eigenvalue weighted by atomic mass is 9.95. The number of hydrogen-bond acceptors (Lipinski definition) is 3. The molecular weight excluding hydrogens is 380 g/mol. The fourth-order valence-electron chi connectivity index (χ4n) is 2.49. The Morgan fingerprint density at radius 1 is 1.37 bits per heavy atom. The quantitative estimate of drug-likeness (QED) is 0.797. The zero-order chi connectivity index (χ0) is 14.0. The zero-order valence-corrected chi connectivity index (χ0v) is 13.7. The SMILES string of the molecule is CS(=O)(=O)C1CCCC(Nc2ccc(F)cc2I)C1. The maximum atomic E-state index is 13.0. The van der Waals surface area contributed by atoms with Gasteiger partial charge in [0, 0.05) is 21.6 Å². The van der Waals surface area contributed by atoms with Gasteiger partial charge < -0.3 is 5.32 Å². The Hall–Kier alpha value is -0.370. The standard InChI is InChI=1S/C13H17FINO2S/c1-19(17,18)11-4-2-3-10(8-11)16-13-6-5-9(14)7-12(13)15/h5-7,10-11,16H,2-4,8H2,1H3. The smallest absolute Gasteiger partial charge is 0.150 e. The first-order chi connectivity index (χ1) is 8.86. The number of nitrogens with one attached hydrogen (secondary N) is 1. The molecule has 6 heteroatoms. The normalized spacial score (nSPS) is 24.2. The highest BCUT2D eigenvalue weighted by atomic mass is 127. The van der Waals surface area contributed by atoms with E-state index >= 15 is 0 Å². The van der Waals surface area contributed by atoms with E-state index in [0.717, 1.165) is 28.5 Å². The lowest BCUT2D eigenvalue weighted by molar-refractivity contribution is 0.453. The van der Waals surface area contributed by atoms with Gasteiger partial charge in [0.2, 0.25) is 0 Å². The Labute approximate surface area is 127 Å². The maximum absolute atomic E-state index is 13.0. The Kier molecular flexibility index (Phi) is 4.70. The molecule has 2 unspecified atom stereocenters. The molecule has 0 heterocycles. The van der Waals surface area contributed by atoms with Gasteiger partial charge in [-0.1, -0.05) is 6.42 Å². The van der Waals surface area contributed by atoms with E-state index in [9.17, 15) is 12.8 Å². The van der Waals surface area contributed by atoms with Crippen LogP contribution in [0.3, 0.4) is 0 Å². The molecule has 1 aromatic rings. The minimum atomic E-state index is -2.97. The molecule has 1 aromatic carbocycles. The zero-order valence-electron chi connectivity index (χ0n) is 10.7. The largest absolute Gasteiger partial charge is 0.381 e. The van der Waals surface area contributed by atoms with Crippen molar-refractivity contribution in [2.24, 2.45) is 0 Å². The van der Waals surface area contributed by atoms with Gasteiger partial charge in [0.1, 0.15) is 15.7 Å². The van der Waals surface area contributed by atoms with Crippen LogP contribution in [0.2, 0.25) is 0 Å². The number of sulfone groups is 1. The molecule has 0 amide bonds. The lowest BCUT2D eigenvalue weighted by Crippen LogP contribution is -2.34. The molecular formula is C13H17FINO2S. The van der Waals surface area contributed by atoms with Gasteiger partial charge in [0.25, 0.3) is 0 Å². The van der Waals surface area contributed by atoms with Crippen molar-refractivity contribution in [3.8, 4) is 0 Å². The van der Waals surface area contributed by atoms with E-state index < -0.39 is 9.84 Å². The second-order valence-electron chi connectivity index (χ2n) is 5.08. The van der Waals surface area contributed by atoms with Crippen LogP contribution in [-0.2, 0) is 9.84 Å². The Morgan fingerprint density at radius 2 is 2.11 bits per heavy atom. The van der Waals surface area contributed by atoms with E-state index in [2.05, 4.69) is 27.9 Å². The van der Waals surface area contributed by atoms with Gasteiger partial charge >= 0.3 is 0 Å². The van der Waals surface area contributed by atoms with Crippen LogP contribution >= 0.6 is 22.6 Å². The second-order valence-corrected chi connectivity index (χ2v) is 8.57. The molecule has 0 bridgehead atoms. The van der Waals surface area contributed by atoms with E-state index in [1.54, 1.807) is 6.07 Å². The first-order valence-electron chi connectivity index (χ1n) is 6.26. The summed E-state index contributed by atoms with van der Waals surface area (Å²) in [5.74, 6) is -0.257. The van der Waals surface area contributed by atoms with Crippen molar-refractivity contribution >= 4 is 38.1 Å². The summed E-state index contributed by atoms with van der Waals surface area (Å²) < 4.78 is 37.1. The van der Waals surface area contributed by atoms with Crippen LogP contribution in [0, 0.1) is 9.39 Å². The first kappa shape index (κ1) is 15.0. The van der Waals surface area contributed by atoms with E-state index in [1.807, 2.05) is 0 Å². The van der Waals surface area contributed by atoms with Crippen molar-refractivity contribution in [1.29, 1.82) is 0 Å². The molecule has 1 aliphatic rings. The van der Waals surface area contributed by atoms with Crippen LogP contribution in [0.5, 0.6) is 0 Å². The number of benzene rings is 1. The molecule has 1 aliphatic carbocycles. The van der Waals surface area contributed by atoms with Crippen molar-refractivity contribution < 1.29 is 12.8 Å². The van der Waals surface area contributed by atoms with Gasteiger partial charge in [0.15, 0.2) is 0 Å². The third-order valence-corrected chi connectivity index (χ3v) is 6.05. The van der Waals surface area contributed by atoms with E-state index in [0.29, 0.717) is 6.42 Å². The van der Waals surface area contributed by atoms with Crippen molar-refractivity contribution in [2.75, 3.05) is 11.6 Å². The molecule has 0 saturated heterocycles. The summed E-state index contributed by atoms with van der Waals surface area (Å²) in [6.07, 6.45) is 4.55. The van der Waals surface area contributed by atoms with Crippen LogP contribution < -0.4 is 5.32 Å². The van der Waals surface area contributed by atoms with Crippen LogP contribution in [0.4, 0.5) is 10.1 Å². The highest BCUT2D eigenvalue weighted by Crippen LogP contribution is 2.28. The fraction of sp³-hybridized carbons (Fsp3) is 0.538. The summed E-state index contributed by atoms with van der Waals surface area (Å²) in [4.78, 5) is 0. The minimum Gasteiger partial charge on any atom is -0.381 e. The lowest BCUT2D eigenvalue weighted by Gasteiger charge is -2.29. The summed E-state index contributed by atoms with van der Waals surface area (Å²) in [6.45, 7) is 0. The minimum absolute atomic E-state index is 0.146. The average Bonchev–Trinajstić information content (AvgIpc) is 2.32. The third kappa shape index (κ3) is 4.05. The molecule has 106 valence electrons. The predicted molar refractivity (Wildman–Crippen MR) is 83.6 cm³/mol. The summed E-state index contributed by atoms with van der Waals surface area (Å²) in [7, 11) is -2.97. The molecule has 1 saturated carbocycles. The molecule has 19 heavy (non-hydrogen) atoms. The van der Waals surface area contributed by atoms with Crippen molar-refractivity contribution in [3.63, 3.8) is 0 Å². The van der Waals surface area contributed by atoms with Crippen molar-refractivity contribution in [1.82, 2.24) is 0 Å². The molecule has 0 aromatic heterocycles. The van der Waals surface area contributed by atoms with E-state index in [1.165, 1.54) is 18.4 Å². The topological polar surface area (TPSA) is 46.2 Å². The van der Waals surface area contributed by atoms with Crippen LogP contribution in [0.1, 0.15) is 25.7 Å². The summed E-state index contributed by atoms with van der Waals surface area (Å²) in [6, 6.07) is 4.75. The molecule has 2 atom stereocenters. The van der Waals surface area contributed by atoms with Gasteiger partial charge in [-0.15, -0.1) is 0 Å². The van der Waals surface area contributed by atoms with Crippen LogP contribution in [-0.4, -0.2) is 26.0 Å². The van der Waals surface area contributed by atoms with Crippen LogP contribution in [0.25, 0.3) is 0 Å². The van der Waals surface area contributed by atoms with E-state index in [-0.39, 0.29) is 17.1 Å². The molecule has 1 fully saturated rings. The number of rotatable bonds is 3. The highest BCUT2D eigenvalue weighted by molar-refractivity contribution is 14.1. The van der Waals surface area contributed by atoms with E-state index in [4.69, 9.17) is 0 Å².